The van der Waals surface area contributed by atoms with E-state index >= 15 is 0 Å². The summed E-state index contributed by atoms with van der Waals surface area (Å²) in [5.41, 5.74) is 2.34. The zero-order chi connectivity index (χ0) is 26.4. The summed E-state index contributed by atoms with van der Waals surface area (Å²) in [6, 6.07) is 12.4. The van der Waals surface area contributed by atoms with Gasteiger partial charge in [-0.25, -0.2) is 0 Å². The topological polar surface area (TPSA) is 111 Å². The highest BCUT2D eigenvalue weighted by Crippen LogP contribution is 2.31. The second-order valence-electron chi connectivity index (χ2n) is 9.23. The lowest BCUT2D eigenvalue weighted by Crippen LogP contribution is -2.52. The molecule has 1 fully saturated rings. The number of methoxy groups -OCH3 is 2. The molecule has 10 heteroatoms. The number of tetrazole rings is 1. The van der Waals surface area contributed by atoms with Crippen molar-refractivity contribution >= 4 is 17.5 Å². The van der Waals surface area contributed by atoms with Gasteiger partial charge in [-0.15, -0.1) is 10.2 Å². The van der Waals surface area contributed by atoms with Crippen LogP contribution in [0.25, 0.3) is 11.4 Å². The molecule has 0 aliphatic heterocycles. The lowest BCUT2D eigenvalue weighted by atomic mass is 10.1. The van der Waals surface area contributed by atoms with E-state index in [-0.39, 0.29) is 24.4 Å². The molecular formula is C27H34N6O4. The van der Waals surface area contributed by atoms with Gasteiger partial charge in [-0.1, -0.05) is 31.9 Å². The highest BCUT2D eigenvalue weighted by atomic mass is 16.5. The Kier molecular flexibility index (Phi) is 8.37. The number of carbonyl (C=O) groups excluding carboxylic acids is 2. The van der Waals surface area contributed by atoms with Gasteiger partial charge in [-0.05, 0) is 67.3 Å². The first-order chi connectivity index (χ1) is 17.9. The Balaban J connectivity index is 1.58. The second-order valence-corrected chi connectivity index (χ2v) is 9.23. The summed E-state index contributed by atoms with van der Waals surface area (Å²) in [6.07, 6.45) is 4.65. The molecule has 1 unspecified atom stereocenters. The van der Waals surface area contributed by atoms with Gasteiger partial charge in [0.2, 0.25) is 11.7 Å². The fraction of sp³-hybridized carbons (Fsp3) is 0.444. The normalized spacial score (nSPS) is 14.3. The number of ether oxygens (including phenoxy) is 2. The number of aromatic nitrogens is 4. The third kappa shape index (κ3) is 6.07. The van der Waals surface area contributed by atoms with Crippen LogP contribution in [0.4, 0.5) is 5.69 Å². The smallest absolute Gasteiger partial charge is 0.251 e. The van der Waals surface area contributed by atoms with Crippen molar-refractivity contribution in [3.8, 4) is 22.9 Å². The predicted octanol–water partition coefficient (Wildman–Crippen LogP) is 3.54. The molecule has 1 aromatic heterocycles. The van der Waals surface area contributed by atoms with Crippen molar-refractivity contribution in [1.82, 2.24) is 25.5 Å². The van der Waals surface area contributed by atoms with E-state index in [1.54, 1.807) is 37.3 Å². The van der Waals surface area contributed by atoms with Gasteiger partial charge < -0.3 is 14.8 Å². The van der Waals surface area contributed by atoms with Gasteiger partial charge in [0.05, 0.1) is 14.2 Å². The standard InChI is InChI=1S/C27H34N6O4/c1-5-22(27(35)28-20-10-6-7-11-20)33(21-12-8-9-18(2)15-21)25(34)17-32-30-26(29-31-32)19-13-14-23(36-3)24(16-19)37-4/h8-9,12-16,20,22H,5-7,10-11,17H2,1-4H3,(H,28,35). The van der Waals surface area contributed by atoms with Crippen molar-refractivity contribution in [2.75, 3.05) is 19.1 Å². The van der Waals surface area contributed by atoms with Crippen LogP contribution in [0.3, 0.4) is 0 Å². The Hall–Kier alpha value is -3.95. The number of carbonyl (C=O) groups is 2. The molecule has 37 heavy (non-hydrogen) atoms. The summed E-state index contributed by atoms with van der Waals surface area (Å²) in [5.74, 6) is 1.04. The summed E-state index contributed by atoms with van der Waals surface area (Å²) >= 11 is 0. The van der Waals surface area contributed by atoms with Gasteiger partial charge in [0.1, 0.15) is 12.6 Å². The van der Waals surface area contributed by atoms with Crippen molar-refractivity contribution in [3.63, 3.8) is 0 Å². The molecule has 0 saturated heterocycles. The van der Waals surface area contributed by atoms with E-state index in [0.717, 1.165) is 31.2 Å². The van der Waals surface area contributed by atoms with Crippen LogP contribution in [-0.2, 0) is 16.1 Å². The van der Waals surface area contributed by atoms with Crippen molar-refractivity contribution in [1.29, 1.82) is 0 Å². The minimum atomic E-state index is -0.649. The van der Waals surface area contributed by atoms with Crippen LogP contribution in [0.2, 0.25) is 0 Å². The molecular weight excluding hydrogens is 472 g/mol. The molecule has 0 bridgehead atoms. The lowest BCUT2D eigenvalue weighted by molar-refractivity contribution is -0.127. The zero-order valence-electron chi connectivity index (χ0n) is 21.8. The van der Waals surface area contributed by atoms with Gasteiger partial charge in [0, 0.05) is 17.3 Å². The van der Waals surface area contributed by atoms with Gasteiger partial charge >= 0.3 is 0 Å². The SMILES string of the molecule is CCC(C(=O)NC1CCCC1)N(C(=O)Cn1nnc(-c2ccc(OC)c(OC)c2)n1)c1cccc(C)c1. The number of nitrogens with zero attached hydrogens (tertiary/aromatic N) is 5. The van der Waals surface area contributed by atoms with Crippen LogP contribution >= 0.6 is 0 Å². The molecule has 1 saturated carbocycles. The first-order valence-electron chi connectivity index (χ1n) is 12.6. The maximum absolute atomic E-state index is 13.7. The molecule has 2 aromatic carbocycles. The van der Waals surface area contributed by atoms with Crippen LogP contribution in [0, 0.1) is 6.92 Å². The molecule has 1 aliphatic carbocycles. The Morgan fingerprint density at radius 3 is 2.54 bits per heavy atom. The van der Waals surface area contributed by atoms with Gasteiger partial charge in [-0.3, -0.25) is 14.5 Å². The number of aryl methyl sites for hydroxylation is 1. The van der Waals surface area contributed by atoms with E-state index in [4.69, 9.17) is 9.47 Å². The molecule has 1 heterocycles. The van der Waals surface area contributed by atoms with Crippen LogP contribution < -0.4 is 19.7 Å². The van der Waals surface area contributed by atoms with E-state index in [2.05, 4.69) is 20.7 Å². The molecule has 0 radical (unpaired) electrons. The van der Waals surface area contributed by atoms with Crippen LogP contribution in [0.5, 0.6) is 11.5 Å². The number of hydrogen-bond donors (Lipinski definition) is 1. The number of hydrogen-bond acceptors (Lipinski definition) is 7. The highest BCUT2D eigenvalue weighted by molar-refractivity contribution is 6.00. The molecule has 1 aliphatic rings. The third-order valence-corrected chi connectivity index (χ3v) is 6.62. The summed E-state index contributed by atoms with van der Waals surface area (Å²) < 4.78 is 10.6. The van der Waals surface area contributed by atoms with E-state index in [9.17, 15) is 9.59 Å². The van der Waals surface area contributed by atoms with Crippen molar-refractivity contribution in [3.05, 3.63) is 48.0 Å². The summed E-state index contributed by atoms with van der Waals surface area (Å²) in [4.78, 5) is 29.8. The fourth-order valence-electron chi connectivity index (χ4n) is 4.73. The minimum Gasteiger partial charge on any atom is -0.493 e. The quantitative estimate of drug-likeness (QED) is 0.448. The Morgan fingerprint density at radius 1 is 1.11 bits per heavy atom. The first-order valence-corrected chi connectivity index (χ1v) is 12.6. The number of anilines is 1. The van der Waals surface area contributed by atoms with Crippen LogP contribution in [0.1, 0.15) is 44.6 Å². The summed E-state index contributed by atoms with van der Waals surface area (Å²) in [5, 5.41) is 15.8. The second kappa shape index (κ2) is 11.9. The molecule has 1 N–H and O–H groups in total. The molecule has 1 atom stereocenters. The average molecular weight is 507 g/mol. The summed E-state index contributed by atoms with van der Waals surface area (Å²) in [7, 11) is 3.12. The monoisotopic (exact) mass is 506 g/mol. The zero-order valence-corrected chi connectivity index (χ0v) is 21.8. The van der Waals surface area contributed by atoms with Crippen molar-refractivity contribution in [2.24, 2.45) is 0 Å². The van der Waals surface area contributed by atoms with E-state index < -0.39 is 6.04 Å². The highest BCUT2D eigenvalue weighted by Gasteiger charge is 2.32. The number of benzene rings is 2. The minimum absolute atomic E-state index is 0.137. The predicted molar refractivity (Wildman–Crippen MR) is 139 cm³/mol. The van der Waals surface area contributed by atoms with Gasteiger partial charge in [-0.2, -0.15) is 4.80 Å². The Labute approximate surface area is 216 Å². The van der Waals surface area contributed by atoms with E-state index in [1.165, 1.54) is 4.80 Å². The Morgan fingerprint density at radius 2 is 1.86 bits per heavy atom. The van der Waals surface area contributed by atoms with Crippen LogP contribution in [0.15, 0.2) is 42.5 Å². The molecule has 196 valence electrons. The lowest BCUT2D eigenvalue weighted by Gasteiger charge is -2.31. The molecule has 3 aromatic rings. The fourth-order valence-corrected chi connectivity index (χ4v) is 4.73. The van der Waals surface area contributed by atoms with Gasteiger partial charge in [0.25, 0.3) is 5.91 Å². The molecule has 4 rings (SSSR count). The maximum atomic E-state index is 13.7. The molecule has 2 amide bonds. The van der Waals surface area contributed by atoms with E-state index in [1.807, 2.05) is 38.1 Å². The van der Waals surface area contributed by atoms with E-state index in [0.29, 0.717) is 35.0 Å². The average Bonchev–Trinajstić information content (AvgIpc) is 3.59. The number of nitrogens with one attached hydrogen (secondary N) is 1. The maximum Gasteiger partial charge on any atom is 0.251 e. The molecule has 0 spiro atoms. The molecule has 10 nitrogen and oxygen atoms in total. The van der Waals surface area contributed by atoms with Crippen molar-refractivity contribution in [2.45, 2.75) is 64.6 Å². The largest absolute Gasteiger partial charge is 0.493 e. The number of amides is 2. The Bertz CT molecular complexity index is 1240. The van der Waals surface area contributed by atoms with Crippen LogP contribution in [-0.4, -0.2) is 58.3 Å². The first kappa shape index (κ1) is 26.1. The third-order valence-electron chi connectivity index (χ3n) is 6.62. The number of rotatable bonds is 10. The van der Waals surface area contributed by atoms with Gasteiger partial charge in [0.15, 0.2) is 11.5 Å². The van der Waals surface area contributed by atoms with Crippen molar-refractivity contribution < 1.29 is 19.1 Å². The summed E-state index contributed by atoms with van der Waals surface area (Å²) in [6.45, 7) is 3.71.